The van der Waals surface area contributed by atoms with Gasteiger partial charge in [-0.1, -0.05) is 15.9 Å². The molecule has 0 bridgehead atoms. The van der Waals surface area contributed by atoms with Gasteiger partial charge in [-0.25, -0.2) is 9.18 Å². The maximum atomic E-state index is 13.6. The number of amides is 2. The van der Waals surface area contributed by atoms with Gasteiger partial charge in [0.25, 0.3) is 5.91 Å². The summed E-state index contributed by atoms with van der Waals surface area (Å²) in [4.78, 5) is 36.4. The van der Waals surface area contributed by atoms with Gasteiger partial charge in [0.05, 0.1) is 5.56 Å². The van der Waals surface area contributed by atoms with Crippen LogP contribution < -0.4 is 5.73 Å². The molecular weight excluding hydrogens is 371 g/mol. The molecule has 1 fully saturated rings. The molecule has 0 radical (unpaired) electrons. The number of nitrogens with two attached hydrogens (primary N) is 1. The average Bonchev–Trinajstić information content (AvgIpc) is 2.54. The van der Waals surface area contributed by atoms with Crippen LogP contribution in [0.3, 0.4) is 0 Å². The van der Waals surface area contributed by atoms with Gasteiger partial charge in [-0.3, -0.25) is 9.59 Å². The van der Waals surface area contributed by atoms with Crippen molar-refractivity contribution in [1.82, 2.24) is 4.90 Å². The monoisotopic (exact) mass is 386 g/mol. The summed E-state index contributed by atoms with van der Waals surface area (Å²) in [6, 6.07) is 3.89. The predicted molar refractivity (Wildman–Crippen MR) is 82.9 cm³/mol. The maximum Gasteiger partial charge on any atom is 0.341 e. The molecule has 0 aromatic heterocycles. The summed E-state index contributed by atoms with van der Waals surface area (Å²) in [7, 11) is 0. The predicted octanol–water partition coefficient (Wildman–Crippen LogP) is 1.47. The van der Waals surface area contributed by atoms with Crippen molar-refractivity contribution in [2.45, 2.75) is 12.8 Å². The molecule has 1 aromatic rings. The first-order chi connectivity index (χ1) is 10.9. The number of nitrogens with zero attached hydrogens (tertiary/aromatic N) is 1. The molecule has 8 heteroatoms. The van der Waals surface area contributed by atoms with E-state index in [0.29, 0.717) is 30.4 Å². The van der Waals surface area contributed by atoms with Crippen molar-refractivity contribution in [3.63, 3.8) is 0 Å². The van der Waals surface area contributed by atoms with E-state index in [1.165, 1.54) is 17.0 Å². The second kappa shape index (κ2) is 7.54. The summed E-state index contributed by atoms with van der Waals surface area (Å²) in [5, 5.41) is 0. The number of ether oxygens (including phenoxy) is 1. The Bertz CT molecular complexity index is 630. The highest BCUT2D eigenvalue weighted by molar-refractivity contribution is 9.10. The fourth-order valence-electron chi connectivity index (χ4n) is 2.36. The number of primary amides is 1. The topological polar surface area (TPSA) is 89.7 Å². The number of likely N-dealkylation sites (tertiary alicyclic amines) is 1. The summed E-state index contributed by atoms with van der Waals surface area (Å²) < 4.78 is 19.0. The first-order valence-electron chi connectivity index (χ1n) is 7.07. The number of rotatable bonds is 4. The van der Waals surface area contributed by atoms with Crippen LogP contribution in [-0.4, -0.2) is 42.4 Å². The highest BCUT2D eigenvalue weighted by Crippen LogP contribution is 2.18. The molecular formula is C15H16BrFN2O4. The third-order valence-electron chi connectivity index (χ3n) is 3.73. The van der Waals surface area contributed by atoms with Gasteiger partial charge in [-0.2, -0.15) is 0 Å². The van der Waals surface area contributed by atoms with Crippen LogP contribution in [-0.2, 0) is 14.3 Å². The second-order valence-electron chi connectivity index (χ2n) is 5.26. The maximum absolute atomic E-state index is 13.6. The number of hydrogen-bond donors (Lipinski definition) is 1. The molecule has 1 aliphatic heterocycles. The van der Waals surface area contributed by atoms with Gasteiger partial charge in [0, 0.05) is 23.5 Å². The van der Waals surface area contributed by atoms with Crippen LogP contribution in [0.25, 0.3) is 0 Å². The first kappa shape index (κ1) is 17.4. The van der Waals surface area contributed by atoms with Crippen LogP contribution in [0.15, 0.2) is 22.7 Å². The van der Waals surface area contributed by atoms with Crippen molar-refractivity contribution in [1.29, 1.82) is 0 Å². The van der Waals surface area contributed by atoms with E-state index in [-0.39, 0.29) is 23.3 Å². The molecule has 1 saturated heterocycles. The van der Waals surface area contributed by atoms with Crippen LogP contribution in [0, 0.1) is 11.7 Å². The molecule has 0 aliphatic carbocycles. The number of esters is 1. The number of piperidine rings is 1. The summed E-state index contributed by atoms with van der Waals surface area (Å²) in [5.74, 6) is -2.58. The average molecular weight is 387 g/mol. The Balaban J connectivity index is 1.86. The van der Waals surface area contributed by atoms with Gasteiger partial charge in [-0.15, -0.1) is 0 Å². The summed E-state index contributed by atoms with van der Waals surface area (Å²) in [5.41, 5.74) is 4.99. The Morgan fingerprint density at radius 2 is 1.96 bits per heavy atom. The van der Waals surface area contributed by atoms with Gasteiger partial charge < -0.3 is 15.4 Å². The van der Waals surface area contributed by atoms with Crippen molar-refractivity contribution >= 4 is 33.7 Å². The fourth-order valence-corrected chi connectivity index (χ4v) is 2.72. The lowest BCUT2D eigenvalue weighted by molar-refractivity contribution is -0.137. The summed E-state index contributed by atoms with van der Waals surface area (Å²) in [6.45, 7) is 0.302. The molecule has 1 heterocycles. The highest BCUT2D eigenvalue weighted by atomic mass is 79.9. The molecule has 124 valence electrons. The number of halogens is 2. The van der Waals surface area contributed by atoms with Gasteiger partial charge in [0.2, 0.25) is 5.91 Å². The van der Waals surface area contributed by atoms with Crippen molar-refractivity contribution in [2.75, 3.05) is 19.7 Å². The minimum atomic E-state index is -0.899. The lowest BCUT2D eigenvalue weighted by Crippen LogP contribution is -2.43. The number of hydrogen-bond acceptors (Lipinski definition) is 4. The van der Waals surface area contributed by atoms with Crippen molar-refractivity contribution in [2.24, 2.45) is 11.7 Å². The summed E-state index contributed by atoms with van der Waals surface area (Å²) >= 11 is 3.14. The van der Waals surface area contributed by atoms with E-state index in [4.69, 9.17) is 10.5 Å². The highest BCUT2D eigenvalue weighted by Gasteiger charge is 2.26. The van der Waals surface area contributed by atoms with E-state index in [0.717, 1.165) is 6.07 Å². The minimum Gasteiger partial charge on any atom is -0.452 e. The van der Waals surface area contributed by atoms with Gasteiger partial charge >= 0.3 is 5.97 Å². The Morgan fingerprint density at radius 1 is 1.30 bits per heavy atom. The molecule has 2 rings (SSSR count). The standard InChI is InChI=1S/C15H16BrFN2O4/c16-10-1-2-12(17)11(7-10)15(22)23-8-13(20)19-5-3-9(4-6-19)14(18)21/h1-2,7,9H,3-6,8H2,(H2,18,21). The molecule has 1 aliphatic rings. The van der Waals surface area contributed by atoms with E-state index in [1.54, 1.807) is 0 Å². The van der Waals surface area contributed by atoms with Gasteiger partial charge in [-0.05, 0) is 31.0 Å². The Kier molecular flexibility index (Phi) is 5.70. The molecule has 0 saturated carbocycles. The largest absolute Gasteiger partial charge is 0.452 e. The lowest BCUT2D eigenvalue weighted by Gasteiger charge is -2.30. The molecule has 2 amide bonds. The molecule has 1 aromatic carbocycles. The quantitative estimate of drug-likeness (QED) is 0.793. The normalized spacial score (nSPS) is 15.3. The van der Waals surface area contributed by atoms with Crippen LogP contribution in [0.2, 0.25) is 0 Å². The molecule has 2 N–H and O–H groups in total. The zero-order valence-electron chi connectivity index (χ0n) is 12.3. The zero-order chi connectivity index (χ0) is 17.0. The molecule has 0 spiro atoms. The third kappa shape index (κ3) is 4.51. The van der Waals surface area contributed by atoms with Crippen molar-refractivity contribution < 1.29 is 23.5 Å². The Morgan fingerprint density at radius 3 is 2.57 bits per heavy atom. The van der Waals surface area contributed by atoms with Crippen LogP contribution >= 0.6 is 15.9 Å². The fraction of sp³-hybridized carbons (Fsp3) is 0.400. The van der Waals surface area contributed by atoms with Gasteiger partial charge in [0.15, 0.2) is 6.61 Å². The van der Waals surface area contributed by atoms with E-state index in [1.807, 2.05) is 0 Å². The van der Waals surface area contributed by atoms with E-state index >= 15 is 0 Å². The number of benzene rings is 1. The zero-order valence-corrected chi connectivity index (χ0v) is 13.8. The van der Waals surface area contributed by atoms with Crippen molar-refractivity contribution in [3.8, 4) is 0 Å². The Labute approximate surface area is 140 Å². The van der Waals surface area contributed by atoms with Crippen LogP contribution in [0.4, 0.5) is 4.39 Å². The lowest BCUT2D eigenvalue weighted by atomic mass is 9.96. The third-order valence-corrected chi connectivity index (χ3v) is 4.22. The number of carbonyl (C=O) groups excluding carboxylic acids is 3. The van der Waals surface area contributed by atoms with Crippen molar-refractivity contribution in [3.05, 3.63) is 34.1 Å². The van der Waals surface area contributed by atoms with Crippen LogP contribution in [0.5, 0.6) is 0 Å². The van der Waals surface area contributed by atoms with E-state index in [2.05, 4.69) is 15.9 Å². The SMILES string of the molecule is NC(=O)C1CCN(C(=O)COC(=O)c2cc(Br)ccc2F)CC1. The molecule has 6 nitrogen and oxygen atoms in total. The van der Waals surface area contributed by atoms with Crippen LogP contribution in [0.1, 0.15) is 23.2 Å². The Hall–Kier alpha value is -1.96. The smallest absolute Gasteiger partial charge is 0.341 e. The second-order valence-corrected chi connectivity index (χ2v) is 6.17. The number of carbonyl (C=O) groups is 3. The molecule has 0 unspecified atom stereocenters. The van der Waals surface area contributed by atoms with Gasteiger partial charge in [0.1, 0.15) is 5.82 Å². The molecule has 0 atom stereocenters. The van der Waals surface area contributed by atoms with E-state index < -0.39 is 18.4 Å². The summed E-state index contributed by atoms with van der Waals surface area (Å²) in [6.07, 6.45) is 0.991. The first-order valence-corrected chi connectivity index (χ1v) is 7.87. The minimum absolute atomic E-state index is 0.225. The van der Waals surface area contributed by atoms with E-state index in [9.17, 15) is 18.8 Å². The molecule has 23 heavy (non-hydrogen) atoms.